The van der Waals surface area contributed by atoms with E-state index in [1.54, 1.807) is 0 Å². The fourth-order valence-electron chi connectivity index (χ4n) is 1.87. The summed E-state index contributed by atoms with van der Waals surface area (Å²) in [6.45, 7) is 14.9. The Balaban J connectivity index is 5.37. The topological polar surface area (TPSA) is 52.0 Å². The summed E-state index contributed by atoms with van der Waals surface area (Å²) >= 11 is 7.35. The molecule has 16 heavy (non-hydrogen) atoms. The third-order valence-corrected chi connectivity index (χ3v) is 6.17. The molecule has 2 nitrogen and oxygen atoms in total. The molecule has 0 radical (unpaired) electrons. The number of rotatable bonds is 4. The van der Waals surface area contributed by atoms with Crippen LogP contribution in [0.25, 0.3) is 0 Å². The molecule has 0 saturated carbocycles. The predicted molar refractivity (Wildman–Crippen MR) is 79.8 cm³/mol. The second-order valence-electron chi connectivity index (χ2n) is 6.31. The Labute approximate surface area is 117 Å². The summed E-state index contributed by atoms with van der Waals surface area (Å²) in [7, 11) is 0. The molecule has 0 rings (SSSR count). The van der Waals surface area contributed by atoms with Gasteiger partial charge in [0.25, 0.3) is 0 Å². The summed E-state index contributed by atoms with van der Waals surface area (Å²) < 4.78 is -0.119. The fourth-order valence-corrected chi connectivity index (χ4v) is 3.01. The molecule has 98 valence electrons. The second kappa shape index (κ2) is 4.52. The summed E-state index contributed by atoms with van der Waals surface area (Å²) in [6, 6.07) is 0. The van der Waals surface area contributed by atoms with E-state index in [4.69, 9.17) is 11.5 Å². The minimum absolute atomic E-state index is 0.0208. The third kappa shape index (κ3) is 3.01. The van der Waals surface area contributed by atoms with Gasteiger partial charge in [0, 0.05) is 5.41 Å². The van der Waals surface area contributed by atoms with Gasteiger partial charge in [-0.15, -0.1) is 0 Å². The maximum atomic E-state index is 6.13. The van der Waals surface area contributed by atoms with Crippen LogP contribution in [0.1, 0.15) is 48.5 Å². The largest absolute Gasteiger partial charge is 0.313 e. The normalized spacial score (nSPS) is 17.4. The average molecular weight is 358 g/mol. The first kappa shape index (κ1) is 16.9. The van der Waals surface area contributed by atoms with Gasteiger partial charge in [-0.25, -0.2) is 0 Å². The molecule has 0 bridgehead atoms. The molecular weight excluding hydrogens is 332 g/mol. The third-order valence-electron chi connectivity index (χ3n) is 4.80. The van der Waals surface area contributed by atoms with Crippen LogP contribution in [0.3, 0.4) is 0 Å². The molecule has 0 aromatic heterocycles. The van der Waals surface area contributed by atoms with Crippen LogP contribution in [-0.2, 0) is 0 Å². The van der Waals surface area contributed by atoms with Crippen molar-refractivity contribution in [3.8, 4) is 0 Å². The van der Waals surface area contributed by atoms with E-state index in [0.717, 1.165) is 0 Å². The fraction of sp³-hybridized carbons (Fsp3) is 1.00. The van der Waals surface area contributed by atoms with Gasteiger partial charge in [-0.3, -0.25) is 0 Å². The molecule has 4 N–H and O–H groups in total. The van der Waals surface area contributed by atoms with Crippen molar-refractivity contribution < 1.29 is 0 Å². The number of alkyl halides is 2. The molecule has 0 aliphatic rings. The van der Waals surface area contributed by atoms with Crippen LogP contribution >= 0.6 is 31.9 Å². The molecule has 0 fully saturated rings. The Kier molecular flexibility index (Phi) is 4.77. The molecule has 0 heterocycles. The van der Waals surface area contributed by atoms with Gasteiger partial charge in [-0.05, 0) is 25.2 Å². The van der Waals surface area contributed by atoms with Crippen molar-refractivity contribution in [2.75, 3.05) is 0 Å². The monoisotopic (exact) mass is 356 g/mol. The van der Waals surface area contributed by atoms with Crippen molar-refractivity contribution >= 4 is 31.9 Å². The van der Waals surface area contributed by atoms with Crippen LogP contribution in [0.5, 0.6) is 0 Å². The highest BCUT2D eigenvalue weighted by molar-refractivity contribution is 9.25. The van der Waals surface area contributed by atoms with E-state index in [9.17, 15) is 0 Å². The Bertz CT molecular complexity index is 247. The van der Waals surface area contributed by atoms with Crippen molar-refractivity contribution in [3.05, 3.63) is 0 Å². The Morgan fingerprint density at radius 2 is 1.19 bits per heavy atom. The lowest BCUT2D eigenvalue weighted by Gasteiger charge is -2.54. The summed E-state index contributed by atoms with van der Waals surface area (Å²) in [5.41, 5.74) is 11.3. The highest BCUT2D eigenvalue weighted by Crippen LogP contribution is 2.54. The minimum atomic E-state index is -0.712. The Morgan fingerprint density at radius 1 is 0.875 bits per heavy atom. The molecule has 0 aliphatic heterocycles. The maximum Gasteiger partial charge on any atom is 0.0808 e. The number of hydrogen-bond acceptors (Lipinski definition) is 2. The molecule has 0 aliphatic carbocycles. The van der Waals surface area contributed by atoms with E-state index >= 15 is 0 Å². The standard InChI is InChI=1S/C12H26Br2N2/c1-8(11(6,13)14)9(2,3)10(4,5)12(7,15)16/h8H,15-16H2,1-7H3. The van der Waals surface area contributed by atoms with Gasteiger partial charge in [0.05, 0.1) is 8.90 Å². The summed E-state index contributed by atoms with van der Waals surface area (Å²) in [5.74, 6) is 0.362. The number of halogens is 2. The van der Waals surface area contributed by atoms with Gasteiger partial charge < -0.3 is 11.5 Å². The average Bonchev–Trinajstić information content (AvgIpc) is 1.98. The van der Waals surface area contributed by atoms with Crippen molar-refractivity contribution in [2.45, 2.75) is 57.4 Å². The quantitative estimate of drug-likeness (QED) is 0.593. The van der Waals surface area contributed by atoms with Gasteiger partial charge in [-0.1, -0.05) is 66.5 Å². The first-order chi connectivity index (χ1) is 6.65. The highest BCUT2D eigenvalue weighted by atomic mass is 79.9. The molecule has 1 atom stereocenters. The molecule has 1 unspecified atom stereocenters. The lowest BCUT2D eigenvalue weighted by Crippen LogP contribution is -2.65. The zero-order valence-electron chi connectivity index (χ0n) is 11.5. The van der Waals surface area contributed by atoms with Crippen LogP contribution in [0.4, 0.5) is 0 Å². The van der Waals surface area contributed by atoms with Gasteiger partial charge in [0.1, 0.15) is 0 Å². The van der Waals surface area contributed by atoms with Crippen molar-refractivity contribution in [3.63, 3.8) is 0 Å². The Morgan fingerprint density at radius 3 is 1.38 bits per heavy atom. The maximum absolute atomic E-state index is 6.13. The molecule has 0 aromatic carbocycles. The first-order valence-corrected chi connectivity index (χ1v) is 7.20. The van der Waals surface area contributed by atoms with E-state index in [1.165, 1.54) is 0 Å². The van der Waals surface area contributed by atoms with Crippen molar-refractivity contribution in [1.82, 2.24) is 0 Å². The van der Waals surface area contributed by atoms with Crippen molar-refractivity contribution in [2.24, 2.45) is 28.2 Å². The number of nitrogens with two attached hydrogens (primary N) is 2. The van der Waals surface area contributed by atoms with E-state index in [1.807, 2.05) is 6.92 Å². The van der Waals surface area contributed by atoms with E-state index in [2.05, 4.69) is 73.4 Å². The SMILES string of the molecule is CC(C(C)(Br)Br)C(C)(C)C(C)(C)C(C)(N)N. The van der Waals surface area contributed by atoms with Gasteiger partial charge >= 0.3 is 0 Å². The van der Waals surface area contributed by atoms with Crippen LogP contribution in [0.15, 0.2) is 0 Å². The van der Waals surface area contributed by atoms with E-state index in [-0.39, 0.29) is 14.1 Å². The molecule has 4 heteroatoms. The molecule has 0 saturated heterocycles. The molecule has 0 spiro atoms. The van der Waals surface area contributed by atoms with Gasteiger partial charge in [0.15, 0.2) is 0 Å². The lowest BCUT2D eigenvalue weighted by molar-refractivity contribution is -0.0150. The van der Waals surface area contributed by atoms with Crippen LogP contribution in [-0.4, -0.2) is 8.90 Å². The first-order valence-electron chi connectivity index (χ1n) is 5.61. The van der Waals surface area contributed by atoms with Crippen LogP contribution < -0.4 is 11.5 Å². The zero-order valence-corrected chi connectivity index (χ0v) is 14.7. The zero-order chi connectivity index (χ0) is 13.6. The second-order valence-corrected chi connectivity index (χ2v) is 10.7. The van der Waals surface area contributed by atoms with Crippen molar-refractivity contribution in [1.29, 1.82) is 0 Å². The summed E-state index contributed by atoms with van der Waals surface area (Å²) in [6.07, 6.45) is 0. The molecule has 0 aromatic rings. The van der Waals surface area contributed by atoms with Gasteiger partial charge in [-0.2, -0.15) is 0 Å². The van der Waals surface area contributed by atoms with Gasteiger partial charge in [0.2, 0.25) is 0 Å². The van der Waals surface area contributed by atoms with Crippen LogP contribution in [0.2, 0.25) is 0 Å². The minimum Gasteiger partial charge on any atom is -0.313 e. The lowest BCUT2D eigenvalue weighted by atomic mass is 9.56. The number of hydrogen-bond donors (Lipinski definition) is 2. The summed E-state index contributed by atoms with van der Waals surface area (Å²) in [5, 5.41) is 0. The highest BCUT2D eigenvalue weighted by Gasteiger charge is 2.52. The molecule has 0 amide bonds. The van der Waals surface area contributed by atoms with Crippen LogP contribution in [0, 0.1) is 16.7 Å². The van der Waals surface area contributed by atoms with E-state index < -0.39 is 5.66 Å². The molecular formula is C12H26Br2N2. The summed E-state index contributed by atoms with van der Waals surface area (Å²) in [4.78, 5) is 0. The predicted octanol–water partition coefficient (Wildman–Crippen LogP) is 3.81. The Hall–Kier alpha value is 0.880. The van der Waals surface area contributed by atoms with E-state index in [0.29, 0.717) is 5.92 Å². The smallest absolute Gasteiger partial charge is 0.0808 e.